The molecule has 0 radical (unpaired) electrons. The van der Waals surface area contributed by atoms with Crippen LogP contribution in [0.3, 0.4) is 0 Å². The van der Waals surface area contributed by atoms with E-state index in [0.29, 0.717) is 0 Å². The van der Waals surface area contributed by atoms with Crippen molar-refractivity contribution in [2.24, 2.45) is 0 Å². The number of sulfonamides is 1. The van der Waals surface area contributed by atoms with Crippen molar-refractivity contribution in [2.45, 2.75) is 11.8 Å². The molecule has 74 valence electrons. The smallest absolute Gasteiger partial charge is 0.264 e. The first-order valence-corrected chi connectivity index (χ1v) is 5.50. The van der Waals surface area contributed by atoms with E-state index in [1.807, 2.05) is 12.6 Å². The number of benzene rings is 1. The summed E-state index contributed by atoms with van der Waals surface area (Å²) in [6, 6.07) is 6.27. The topological polar surface area (TPSA) is 63.2 Å². The SMILES string of the molecule is Bc1ccc(S(=O)(=O)NC(C)=O)cc1. The van der Waals surface area contributed by atoms with Crippen LogP contribution in [-0.4, -0.2) is 22.2 Å². The van der Waals surface area contributed by atoms with Crippen LogP contribution in [0.25, 0.3) is 0 Å². The van der Waals surface area contributed by atoms with Crippen molar-refractivity contribution >= 4 is 29.2 Å². The predicted octanol–water partition coefficient (Wildman–Crippen LogP) is -1.23. The minimum atomic E-state index is -3.68. The first-order chi connectivity index (χ1) is 6.42. The van der Waals surface area contributed by atoms with Crippen molar-refractivity contribution in [2.75, 3.05) is 0 Å². The van der Waals surface area contributed by atoms with Gasteiger partial charge in [-0.05, 0) is 12.1 Å². The van der Waals surface area contributed by atoms with E-state index in [-0.39, 0.29) is 4.90 Å². The summed E-state index contributed by atoms with van der Waals surface area (Å²) in [7, 11) is -1.82. The number of nitrogens with one attached hydrogen (secondary N) is 1. The fourth-order valence-corrected chi connectivity index (χ4v) is 1.96. The second-order valence-corrected chi connectivity index (χ2v) is 4.66. The molecule has 0 spiro atoms. The fraction of sp³-hybridized carbons (Fsp3) is 0.125. The highest BCUT2D eigenvalue weighted by atomic mass is 32.2. The molecule has 0 aliphatic rings. The van der Waals surface area contributed by atoms with Gasteiger partial charge in [0.1, 0.15) is 7.85 Å². The van der Waals surface area contributed by atoms with Gasteiger partial charge in [0.2, 0.25) is 5.91 Å². The van der Waals surface area contributed by atoms with Crippen LogP contribution in [0.5, 0.6) is 0 Å². The number of hydrogen-bond donors (Lipinski definition) is 1. The van der Waals surface area contributed by atoms with Crippen LogP contribution in [-0.2, 0) is 14.8 Å². The molecule has 0 fully saturated rings. The van der Waals surface area contributed by atoms with Gasteiger partial charge in [0.15, 0.2) is 0 Å². The van der Waals surface area contributed by atoms with E-state index in [1.54, 1.807) is 12.1 Å². The summed E-state index contributed by atoms with van der Waals surface area (Å²) in [5, 5.41) is 0. The van der Waals surface area contributed by atoms with Gasteiger partial charge in [0, 0.05) is 6.92 Å². The quantitative estimate of drug-likeness (QED) is 0.623. The first kappa shape index (κ1) is 10.8. The van der Waals surface area contributed by atoms with Gasteiger partial charge in [0.25, 0.3) is 10.0 Å². The highest BCUT2D eigenvalue weighted by Crippen LogP contribution is 2.05. The maximum atomic E-state index is 11.4. The average Bonchev–Trinajstić information content (AvgIpc) is 2.02. The van der Waals surface area contributed by atoms with Gasteiger partial charge in [-0.15, -0.1) is 0 Å². The van der Waals surface area contributed by atoms with Crippen LogP contribution in [0.2, 0.25) is 0 Å². The predicted molar refractivity (Wildman–Crippen MR) is 55.6 cm³/mol. The molecule has 14 heavy (non-hydrogen) atoms. The van der Waals surface area contributed by atoms with Gasteiger partial charge in [0.05, 0.1) is 4.90 Å². The third kappa shape index (κ3) is 2.60. The molecule has 0 heterocycles. The zero-order valence-corrected chi connectivity index (χ0v) is 8.76. The number of rotatable bonds is 2. The van der Waals surface area contributed by atoms with Crippen LogP contribution >= 0.6 is 0 Å². The van der Waals surface area contributed by atoms with Gasteiger partial charge in [-0.25, -0.2) is 13.1 Å². The van der Waals surface area contributed by atoms with Crippen molar-refractivity contribution in [3.8, 4) is 0 Å². The van der Waals surface area contributed by atoms with Crippen LogP contribution in [0.1, 0.15) is 6.92 Å². The Balaban J connectivity index is 3.05. The van der Waals surface area contributed by atoms with Crippen molar-refractivity contribution < 1.29 is 13.2 Å². The molecule has 0 aliphatic heterocycles. The summed E-state index contributed by atoms with van der Waals surface area (Å²) in [5.74, 6) is -0.592. The number of amides is 1. The lowest BCUT2D eigenvalue weighted by atomic mass is 9.97. The zero-order valence-electron chi connectivity index (χ0n) is 7.94. The van der Waals surface area contributed by atoms with E-state index in [9.17, 15) is 13.2 Å². The summed E-state index contributed by atoms with van der Waals surface area (Å²) >= 11 is 0. The monoisotopic (exact) mass is 211 g/mol. The highest BCUT2D eigenvalue weighted by Gasteiger charge is 2.14. The Morgan fingerprint density at radius 3 is 2.21 bits per heavy atom. The molecule has 1 N–H and O–H groups in total. The summed E-state index contributed by atoms with van der Waals surface area (Å²) in [4.78, 5) is 10.7. The molecule has 4 nitrogen and oxygen atoms in total. The minimum absolute atomic E-state index is 0.0956. The fourth-order valence-electron chi connectivity index (χ4n) is 0.966. The number of carbonyl (C=O) groups is 1. The maximum absolute atomic E-state index is 11.4. The van der Waals surface area contributed by atoms with Crippen molar-refractivity contribution in [3.05, 3.63) is 24.3 Å². The lowest BCUT2D eigenvalue weighted by Crippen LogP contribution is -2.28. The van der Waals surface area contributed by atoms with Crippen LogP contribution in [0.4, 0.5) is 0 Å². The molecule has 0 atom stereocenters. The molecule has 0 bridgehead atoms. The summed E-state index contributed by atoms with van der Waals surface area (Å²) in [6.07, 6.45) is 0. The third-order valence-electron chi connectivity index (χ3n) is 1.61. The molecule has 0 unspecified atom stereocenters. The number of carbonyl (C=O) groups excluding carboxylic acids is 1. The molecule has 6 heteroatoms. The van der Waals surface area contributed by atoms with E-state index in [2.05, 4.69) is 0 Å². The Labute approximate surface area is 83.8 Å². The normalized spacial score (nSPS) is 10.9. The van der Waals surface area contributed by atoms with E-state index in [1.165, 1.54) is 12.1 Å². The van der Waals surface area contributed by atoms with Crippen molar-refractivity contribution in [3.63, 3.8) is 0 Å². The summed E-state index contributed by atoms with van der Waals surface area (Å²) in [5.41, 5.74) is 0.965. The minimum Gasteiger partial charge on any atom is -0.274 e. The summed E-state index contributed by atoms with van der Waals surface area (Å²) < 4.78 is 24.7. The number of hydrogen-bond acceptors (Lipinski definition) is 3. The Kier molecular flexibility index (Phi) is 2.95. The van der Waals surface area contributed by atoms with E-state index >= 15 is 0 Å². The lowest BCUT2D eigenvalue weighted by molar-refractivity contribution is -0.117. The molecule has 0 saturated heterocycles. The summed E-state index contributed by atoms with van der Waals surface area (Å²) in [6.45, 7) is 1.16. The van der Waals surface area contributed by atoms with Crippen LogP contribution < -0.4 is 10.2 Å². The highest BCUT2D eigenvalue weighted by molar-refractivity contribution is 7.90. The molecule has 1 aromatic carbocycles. The molecular weight excluding hydrogens is 201 g/mol. The lowest BCUT2D eigenvalue weighted by Gasteiger charge is -2.04. The van der Waals surface area contributed by atoms with Gasteiger partial charge in [-0.3, -0.25) is 4.79 Å². The Hall–Kier alpha value is -1.30. The Bertz CT molecular complexity index is 438. The third-order valence-corrected chi connectivity index (χ3v) is 3.06. The second-order valence-electron chi connectivity index (χ2n) is 2.97. The second kappa shape index (κ2) is 3.83. The Morgan fingerprint density at radius 1 is 1.29 bits per heavy atom. The Morgan fingerprint density at radius 2 is 1.79 bits per heavy atom. The van der Waals surface area contributed by atoms with Crippen molar-refractivity contribution in [1.29, 1.82) is 0 Å². The standard InChI is InChI=1S/C8H10BNO3S/c1-6(11)10-14(12,13)8-4-2-7(9)3-5-8/h2-5H,9H2,1H3,(H,10,11). The van der Waals surface area contributed by atoms with E-state index in [4.69, 9.17) is 0 Å². The molecule has 1 rings (SSSR count). The molecule has 0 saturated carbocycles. The van der Waals surface area contributed by atoms with Gasteiger partial charge in [-0.1, -0.05) is 17.6 Å². The van der Waals surface area contributed by atoms with Crippen LogP contribution in [0.15, 0.2) is 29.2 Å². The van der Waals surface area contributed by atoms with Crippen molar-refractivity contribution in [1.82, 2.24) is 4.72 Å². The average molecular weight is 211 g/mol. The first-order valence-electron chi connectivity index (χ1n) is 4.02. The van der Waals surface area contributed by atoms with Gasteiger partial charge >= 0.3 is 0 Å². The van der Waals surface area contributed by atoms with E-state index < -0.39 is 15.9 Å². The molecule has 0 aromatic heterocycles. The molecule has 1 amide bonds. The molecule has 1 aromatic rings. The molecular formula is C8H10BNO3S. The largest absolute Gasteiger partial charge is 0.274 e. The zero-order chi connectivity index (χ0) is 10.8. The molecule has 0 aliphatic carbocycles. The van der Waals surface area contributed by atoms with E-state index in [0.717, 1.165) is 12.4 Å². The van der Waals surface area contributed by atoms with Gasteiger partial charge < -0.3 is 0 Å². The van der Waals surface area contributed by atoms with Crippen LogP contribution in [0, 0.1) is 0 Å². The maximum Gasteiger partial charge on any atom is 0.264 e. The van der Waals surface area contributed by atoms with Gasteiger partial charge in [-0.2, -0.15) is 0 Å².